The molecule has 352 valence electrons. The maximum Gasteiger partial charge on any atom is 0.306 e. The Bertz CT molecular complexity index is 2610. The number of rotatable bonds is 22. The molecule has 3 heterocycles. The van der Waals surface area contributed by atoms with Gasteiger partial charge in [-0.15, -0.1) is 0 Å². The van der Waals surface area contributed by atoms with E-state index >= 15 is 0 Å². The molecule has 18 heteroatoms. The van der Waals surface area contributed by atoms with Gasteiger partial charge in [0.25, 0.3) is 11.5 Å². The minimum atomic E-state index is -1.32. The first-order valence-electron chi connectivity index (χ1n) is 21.6. The number of amides is 1. The summed E-state index contributed by atoms with van der Waals surface area (Å²) in [7, 11) is 4.65. The van der Waals surface area contributed by atoms with E-state index in [1.54, 1.807) is 26.4 Å². The van der Waals surface area contributed by atoms with E-state index in [9.17, 15) is 24.3 Å². The van der Waals surface area contributed by atoms with Crippen LogP contribution in [0.25, 0.3) is 11.2 Å². The van der Waals surface area contributed by atoms with Crippen molar-refractivity contribution in [3.8, 4) is 17.2 Å². The molecule has 1 unspecified atom stereocenters. The van der Waals surface area contributed by atoms with Crippen molar-refractivity contribution >= 4 is 35.0 Å². The number of fused-ring (bicyclic) bond motifs is 1. The first kappa shape index (κ1) is 47.8. The van der Waals surface area contributed by atoms with Crippen LogP contribution in [-0.4, -0.2) is 109 Å². The number of carboxylic acids is 1. The van der Waals surface area contributed by atoms with Crippen molar-refractivity contribution in [1.82, 2.24) is 19.5 Å². The van der Waals surface area contributed by atoms with E-state index in [0.717, 1.165) is 22.3 Å². The molecule has 0 spiro atoms. The number of aromatic nitrogens is 4. The van der Waals surface area contributed by atoms with Crippen LogP contribution in [0, 0.1) is 0 Å². The van der Waals surface area contributed by atoms with Crippen LogP contribution in [0.1, 0.15) is 61.1 Å². The molecular weight excluding hydrogens is 867 g/mol. The lowest BCUT2D eigenvalue weighted by Gasteiger charge is -2.37. The van der Waals surface area contributed by atoms with Crippen molar-refractivity contribution in [2.24, 2.45) is 0 Å². The van der Waals surface area contributed by atoms with Gasteiger partial charge in [-0.3, -0.25) is 34.0 Å². The molecule has 67 heavy (non-hydrogen) atoms. The summed E-state index contributed by atoms with van der Waals surface area (Å²) in [5, 5.41) is 12.0. The van der Waals surface area contributed by atoms with Gasteiger partial charge in [0.1, 0.15) is 35.1 Å². The Kier molecular flexibility index (Phi) is 15.6. The number of ether oxygens (including phenoxy) is 8. The van der Waals surface area contributed by atoms with Gasteiger partial charge >= 0.3 is 11.9 Å². The van der Waals surface area contributed by atoms with Crippen LogP contribution in [0.5, 0.6) is 17.2 Å². The number of esters is 1. The molecule has 4 aromatic carbocycles. The topological polar surface area (TPSA) is 221 Å². The van der Waals surface area contributed by atoms with E-state index in [-0.39, 0.29) is 43.5 Å². The van der Waals surface area contributed by atoms with Gasteiger partial charge in [0.15, 0.2) is 30.1 Å². The van der Waals surface area contributed by atoms with Gasteiger partial charge in [-0.1, -0.05) is 80.6 Å². The number of aromatic amines is 1. The molecule has 1 saturated heterocycles. The maximum absolute atomic E-state index is 13.5. The van der Waals surface area contributed by atoms with Crippen molar-refractivity contribution in [3.63, 3.8) is 0 Å². The first-order chi connectivity index (χ1) is 32.4. The number of nitrogens with zero attached hydrogens (tertiary/aromatic N) is 3. The summed E-state index contributed by atoms with van der Waals surface area (Å²) < 4.78 is 49.9. The summed E-state index contributed by atoms with van der Waals surface area (Å²) in [5.74, 6) is -0.753. The summed E-state index contributed by atoms with van der Waals surface area (Å²) >= 11 is 0. The molecule has 18 nitrogen and oxygen atoms in total. The highest BCUT2D eigenvalue weighted by atomic mass is 16.6. The van der Waals surface area contributed by atoms with E-state index in [1.807, 2.05) is 91.0 Å². The zero-order valence-electron chi connectivity index (χ0n) is 37.7. The number of carboxylic acid groups (broad SMARTS) is 1. The van der Waals surface area contributed by atoms with Crippen LogP contribution in [-0.2, 0) is 43.7 Å². The average Bonchev–Trinajstić information content (AvgIpc) is 3.92. The SMILES string of the molecule is COCCOC1[C@@H](OC(=O)CCC(=O)O)[C@@H](COC(c2ccccc2)(c2ccc(OC)cc2)c2ccc(OC)cc2)O[C@H]1n1cnc2c(=O)[nH]c(NC(=O)COc3ccc(C(C)C)cc3)nc21. The Morgan fingerprint density at radius 2 is 1.45 bits per heavy atom. The quantitative estimate of drug-likeness (QED) is 0.0404. The lowest BCUT2D eigenvalue weighted by molar-refractivity contribution is -0.162. The van der Waals surface area contributed by atoms with E-state index in [4.69, 9.17) is 37.9 Å². The fraction of sp³-hybridized carbons (Fsp3) is 0.347. The number of hydrogen-bond acceptors (Lipinski definition) is 14. The number of nitrogens with one attached hydrogen (secondary N) is 2. The molecule has 1 aliphatic heterocycles. The highest BCUT2D eigenvalue weighted by Crippen LogP contribution is 2.44. The number of hydrogen-bond donors (Lipinski definition) is 3. The molecular formula is C49H53N5O13. The molecule has 2 aromatic heterocycles. The van der Waals surface area contributed by atoms with Crippen LogP contribution in [0.3, 0.4) is 0 Å². The van der Waals surface area contributed by atoms with Crippen molar-refractivity contribution in [3.05, 3.63) is 142 Å². The molecule has 6 aromatic rings. The molecule has 1 amide bonds. The second kappa shape index (κ2) is 21.9. The number of carbonyl (C=O) groups is 3. The monoisotopic (exact) mass is 919 g/mol. The van der Waals surface area contributed by atoms with E-state index < -0.39 is 66.4 Å². The van der Waals surface area contributed by atoms with E-state index in [1.165, 1.54) is 18.0 Å². The Morgan fingerprint density at radius 3 is 2.04 bits per heavy atom. The lowest BCUT2D eigenvalue weighted by atomic mass is 9.80. The molecule has 1 fully saturated rings. The standard InChI is InChI=1S/C49H53N5O13/c1-30(2)31-11-17-37(18-12-31)64-28-39(55)51-48-52-45-42(46(59)53-48)50-29-54(45)47-44(63-26-25-60-3)43(67-41(58)24-23-40(56)57)38(66-47)27-65-49(32-9-7-6-8-10-32,33-13-19-35(61-4)20-14-33)34-15-21-36(62-5)22-16-34/h6-22,29-30,38,43-44,47H,23-28H2,1-5H3,(H,56,57)(H2,51,52,53,55,59)/t38-,43+,44?,47-/m1/s1. The van der Waals surface area contributed by atoms with Gasteiger partial charge in [-0.25, -0.2) is 4.98 Å². The molecule has 0 aliphatic carbocycles. The van der Waals surface area contributed by atoms with Crippen molar-refractivity contribution in [1.29, 1.82) is 0 Å². The largest absolute Gasteiger partial charge is 0.497 e. The third-order valence-electron chi connectivity index (χ3n) is 11.2. The second-order valence-corrected chi connectivity index (χ2v) is 15.9. The second-order valence-electron chi connectivity index (χ2n) is 15.9. The van der Waals surface area contributed by atoms with Gasteiger partial charge in [0, 0.05) is 7.11 Å². The van der Waals surface area contributed by atoms with Gasteiger partial charge in [0.2, 0.25) is 5.95 Å². The average molecular weight is 920 g/mol. The van der Waals surface area contributed by atoms with Crippen LogP contribution < -0.4 is 25.1 Å². The van der Waals surface area contributed by atoms with Gasteiger partial charge in [0.05, 0.1) is 53.2 Å². The van der Waals surface area contributed by atoms with E-state index in [0.29, 0.717) is 23.2 Å². The Balaban J connectivity index is 1.26. The minimum absolute atomic E-state index is 0.00204. The van der Waals surface area contributed by atoms with Gasteiger partial charge < -0.3 is 43.0 Å². The zero-order valence-corrected chi connectivity index (χ0v) is 37.7. The van der Waals surface area contributed by atoms with Crippen LogP contribution in [0.2, 0.25) is 0 Å². The smallest absolute Gasteiger partial charge is 0.306 e. The predicted molar refractivity (Wildman–Crippen MR) is 243 cm³/mol. The predicted octanol–water partition coefficient (Wildman–Crippen LogP) is 5.99. The number of imidazole rings is 1. The molecule has 0 saturated carbocycles. The van der Waals surface area contributed by atoms with Gasteiger partial charge in [-0.2, -0.15) is 4.98 Å². The number of carbonyl (C=O) groups excluding carboxylic acids is 2. The molecule has 0 radical (unpaired) electrons. The Morgan fingerprint density at radius 1 is 0.821 bits per heavy atom. The number of anilines is 1. The van der Waals surface area contributed by atoms with Crippen LogP contribution in [0.15, 0.2) is 114 Å². The normalized spacial score (nSPS) is 17.0. The number of H-pyrrole nitrogens is 1. The van der Waals surface area contributed by atoms with Gasteiger partial charge in [-0.05, 0) is 64.6 Å². The summed E-state index contributed by atoms with van der Waals surface area (Å²) in [6, 6.07) is 31.8. The number of benzene rings is 4. The Labute approximate surface area is 386 Å². The molecule has 3 N–H and O–H groups in total. The number of methoxy groups -OCH3 is 3. The zero-order chi connectivity index (χ0) is 47.5. The van der Waals surface area contributed by atoms with Crippen molar-refractivity contribution in [2.45, 2.75) is 62.7 Å². The van der Waals surface area contributed by atoms with Crippen LogP contribution in [0.4, 0.5) is 5.95 Å². The number of aliphatic carboxylic acids is 1. The third-order valence-corrected chi connectivity index (χ3v) is 11.2. The van der Waals surface area contributed by atoms with Crippen LogP contribution >= 0.6 is 0 Å². The summed E-state index contributed by atoms with van der Waals surface area (Å²) in [6.45, 7) is 3.67. The minimum Gasteiger partial charge on any atom is -0.497 e. The highest BCUT2D eigenvalue weighted by molar-refractivity contribution is 5.90. The van der Waals surface area contributed by atoms with Crippen molar-refractivity contribution < 1.29 is 57.4 Å². The molecule has 1 aliphatic rings. The lowest BCUT2D eigenvalue weighted by Crippen LogP contribution is -2.43. The summed E-state index contributed by atoms with van der Waals surface area (Å²) in [6.07, 6.45) is -4.24. The Hall–Kier alpha value is -7.12. The van der Waals surface area contributed by atoms with E-state index in [2.05, 4.69) is 34.1 Å². The summed E-state index contributed by atoms with van der Waals surface area (Å²) in [5.41, 5.74) is 1.22. The highest BCUT2D eigenvalue weighted by Gasteiger charge is 2.51. The fourth-order valence-electron chi connectivity index (χ4n) is 7.79. The third kappa shape index (κ3) is 11.1. The maximum atomic E-state index is 13.5. The first-order valence-corrected chi connectivity index (χ1v) is 21.6. The van der Waals surface area contributed by atoms with Crippen molar-refractivity contribution in [2.75, 3.05) is 53.1 Å². The molecule has 7 rings (SSSR count). The molecule has 4 atom stereocenters. The fourth-order valence-corrected chi connectivity index (χ4v) is 7.79. The summed E-state index contributed by atoms with van der Waals surface area (Å²) in [4.78, 5) is 63.0. The molecule has 0 bridgehead atoms.